The second-order valence-corrected chi connectivity index (χ2v) is 6.04. The van der Waals surface area contributed by atoms with Crippen molar-refractivity contribution in [3.05, 3.63) is 46.4 Å². The van der Waals surface area contributed by atoms with E-state index in [1.165, 1.54) is 0 Å². The lowest BCUT2D eigenvalue weighted by Gasteiger charge is -2.10. The van der Waals surface area contributed by atoms with E-state index in [0.29, 0.717) is 18.1 Å². The van der Waals surface area contributed by atoms with Crippen LogP contribution in [0.1, 0.15) is 36.8 Å². The van der Waals surface area contributed by atoms with Gasteiger partial charge in [-0.15, -0.1) is 0 Å². The molecule has 0 aliphatic heterocycles. The summed E-state index contributed by atoms with van der Waals surface area (Å²) in [5, 5.41) is 10.7. The van der Waals surface area contributed by atoms with E-state index in [1.807, 2.05) is 42.8 Å². The van der Waals surface area contributed by atoms with Gasteiger partial charge in [-0.3, -0.25) is 4.79 Å². The molecule has 0 saturated carbocycles. The summed E-state index contributed by atoms with van der Waals surface area (Å²) < 4.78 is 10.7. The summed E-state index contributed by atoms with van der Waals surface area (Å²) in [6.45, 7) is 3.76. The van der Waals surface area contributed by atoms with Gasteiger partial charge in [-0.2, -0.15) is 16.3 Å². The van der Waals surface area contributed by atoms with Crippen LogP contribution in [0.2, 0.25) is 0 Å². The third-order valence-corrected chi connectivity index (χ3v) is 4.06. The van der Waals surface area contributed by atoms with E-state index in [1.54, 1.807) is 11.3 Å². The van der Waals surface area contributed by atoms with E-state index in [2.05, 4.69) is 15.5 Å². The zero-order valence-corrected chi connectivity index (χ0v) is 13.7. The maximum Gasteiger partial charge on any atom is 0.227 e. The Kier molecular flexibility index (Phi) is 4.57. The maximum atomic E-state index is 12.0. The normalized spacial score (nSPS) is 12.3. The van der Waals surface area contributed by atoms with Gasteiger partial charge in [-0.25, -0.2) is 0 Å². The Bertz CT molecular complexity index is 776. The number of carbonyl (C=O) groups excluding carboxylic acids is 1. The van der Waals surface area contributed by atoms with Gasteiger partial charge in [0.25, 0.3) is 0 Å². The standard InChI is InChI=1S/C16H17N3O3S/c1-10-3-4-13(21-10)11(2)17-14(20)5-6-15-18-16(19-22-15)12-7-8-23-9-12/h3-4,7-9,11H,5-6H2,1-2H3,(H,17,20)/t11-/m0/s1. The van der Waals surface area contributed by atoms with Gasteiger partial charge in [0.05, 0.1) is 6.04 Å². The molecule has 1 N–H and O–H groups in total. The fraction of sp³-hybridized carbons (Fsp3) is 0.312. The molecular weight excluding hydrogens is 314 g/mol. The molecule has 0 aliphatic rings. The van der Waals surface area contributed by atoms with Crippen LogP contribution in [0.25, 0.3) is 11.4 Å². The minimum atomic E-state index is -0.166. The molecule has 1 amide bonds. The molecule has 1 atom stereocenters. The van der Waals surface area contributed by atoms with E-state index < -0.39 is 0 Å². The Morgan fingerprint density at radius 1 is 1.39 bits per heavy atom. The molecule has 0 fully saturated rings. The molecule has 7 heteroatoms. The van der Waals surface area contributed by atoms with Crippen molar-refractivity contribution in [2.24, 2.45) is 0 Å². The number of aromatic nitrogens is 2. The number of furan rings is 1. The van der Waals surface area contributed by atoms with Crippen molar-refractivity contribution in [3.63, 3.8) is 0 Å². The van der Waals surface area contributed by atoms with Gasteiger partial charge in [-0.05, 0) is 37.4 Å². The van der Waals surface area contributed by atoms with Crippen molar-refractivity contribution < 1.29 is 13.7 Å². The first-order valence-electron chi connectivity index (χ1n) is 7.32. The molecular formula is C16H17N3O3S. The lowest BCUT2D eigenvalue weighted by atomic mass is 10.2. The summed E-state index contributed by atoms with van der Waals surface area (Å²) in [5.41, 5.74) is 0.927. The average molecular weight is 331 g/mol. The van der Waals surface area contributed by atoms with E-state index in [9.17, 15) is 4.79 Å². The molecule has 0 radical (unpaired) electrons. The summed E-state index contributed by atoms with van der Waals surface area (Å²) in [7, 11) is 0. The first-order chi connectivity index (χ1) is 11.1. The molecule has 3 heterocycles. The highest BCUT2D eigenvalue weighted by Gasteiger charge is 2.14. The minimum Gasteiger partial charge on any atom is -0.464 e. The number of nitrogens with zero attached hydrogens (tertiary/aromatic N) is 2. The highest BCUT2D eigenvalue weighted by molar-refractivity contribution is 7.08. The molecule has 3 aromatic heterocycles. The Morgan fingerprint density at radius 3 is 2.96 bits per heavy atom. The Hall–Kier alpha value is -2.41. The molecule has 3 aromatic rings. The quantitative estimate of drug-likeness (QED) is 0.747. The predicted octanol–water partition coefficient (Wildman–Crippen LogP) is 3.51. The van der Waals surface area contributed by atoms with Crippen molar-refractivity contribution in [1.82, 2.24) is 15.5 Å². The third kappa shape index (κ3) is 3.87. The van der Waals surface area contributed by atoms with Gasteiger partial charge in [0, 0.05) is 23.8 Å². The monoisotopic (exact) mass is 331 g/mol. The predicted molar refractivity (Wildman–Crippen MR) is 85.9 cm³/mol. The van der Waals surface area contributed by atoms with Gasteiger partial charge in [0.2, 0.25) is 17.6 Å². The topological polar surface area (TPSA) is 81.2 Å². The summed E-state index contributed by atoms with van der Waals surface area (Å²) in [4.78, 5) is 16.3. The smallest absolute Gasteiger partial charge is 0.227 e. The van der Waals surface area contributed by atoms with Crippen LogP contribution in [0.5, 0.6) is 0 Å². The van der Waals surface area contributed by atoms with Crippen LogP contribution in [0.15, 0.2) is 37.9 Å². The molecule has 0 bridgehead atoms. The van der Waals surface area contributed by atoms with Crippen LogP contribution in [0.3, 0.4) is 0 Å². The first-order valence-corrected chi connectivity index (χ1v) is 8.27. The third-order valence-electron chi connectivity index (χ3n) is 3.38. The first kappa shape index (κ1) is 15.5. The lowest BCUT2D eigenvalue weighted by Crippen LogP contribution is -2.26. The van der Waals surface area contributed by atoms with Crippen molar-refractivity contribution in [3.8, 4) is 11.4 Å². The molecule has 120 valence electrons. The number of thiophene rings is 1. The molecule has 3 rings (SSSR count). The number of hydrogen-bond acceptors (Lipinski definition) is 6. The highest BCUT2D eigenvalue weighted by Crippen LogP contribution is 2.19. The molecule has 0 saturated heterocycles. The summed E-state index contributed by atoms with van der Waals surface area (Å²) in [5.74, 6) is 2.51. The van der Waals surface area contributed by atoms with Crippen LogP contribution < -0.4 is 5.32 Å². The van der Waals surface area contributed by atoms with Crippen LogP contribution in [0.4, 0.5) is 0 Å². The molecule has 0 aliphatic carbocycles. The van der Waals surface area contributed by atoms with E-state index in [0.717, 1.165) is 17.1 Å². The highest BCUT2D eigenvalue weighted by atomic mass is 32.1. The average Bonchev–Trinajstić information content (AvgIpc) is 3.26. The Morgan fingerprint density at radius 2 is 2.26 bits per heavy atom. The Labute approximate surface area is 137 Å². The summed E-state index contributed by atoms with van der Waals surface area (Å²) in [6.07, 6.45) is 0.697. The van der Waals surface area contributed by atoms with E-state index >= 15 is 0 Å². The number of carbonyl (C=O) groups is 1. The van der Waals surface area contributed by atoms with Crippen molar-refractivity contribution in [1.29, 1.82) is 0 Å². The zero-order valence-electron chi connectivity index (χ0n) is 12.9. The Balaban J connectivity index is 1.51. The van der Waals surface area contributed by atoms with Crippen LogP contribution in [-0.2, 0) is 11.2 Å². The van der Waals surface area contributed by atoms with Crippen LogP contribution in [0, 0.1) is 6.92 Å². The number of rotatable bonds is 6. The van der Waals surface area contributed by atoms with Crippen LogP contribution in [-0.4, -0.2) is 16.0 Å². The number of amides is 1. The summed E-state index contributed by atoms with van der Waals surface area (Å²) in [6, 6.07) is 5.51. The van der Waals surface area contributed by atoms with E-state index in [4.69, 9.17) is 8.94 Å². The number of hydrogen-bond donors (Lipinski definition) is 1. The zero-order chi connectivity index (χ0) is 16.2. The molecule has 0 spiro atoms. The number of aryl methyl sites for hydroxylation is 2. The van der Waals surface area contributed by atoms with Gasteiger partial charge >= 0.3 is 0 Å². The SMILES string of the molecule is Cc1ccc([C@H](C)NC(=O)CCc2nc(-c3ccsc3)no2)o1. The maximum absolute atomic E-state index is 12.0. The molecule has 0 unspecified atom stereocenters. The van der Waals surface area contributed by atoms with Gasteiger partial charge < -0.3 is 14.3 Å². The minimum absolute atomic E-state index is 0.0816. The van der Waals surface area contributed by atoms with Gasteiger partial charge in [-0.1, -0.05) is 5.16 Å². The fourth-order valence-corrected chi connectivity index (χ4v) is 2.79. The van der Waals surface area contributed by atoms with Crippen molar-refractivity contribution >= 4 is 17.2 Å². The summed E-state index contributed by atoms with van der Waals surface area (Å²) >= 11 is 1.57. The lowest BCUT2D eigenvalue weighted by molar-refractivity contribution is -0.121. The van der Waals surface area contributed by atoms with Gasteiger partial charge in [0.15, 0.2) is 0 Å². The second-order valence-electron chi connectivity index (χ2n) is 5.26. The van der Waals surface area contributed by atoms with Crippen LogP contribution >= 0.6 is 11.3 Å². The molecule has 0 aromatic carbocycles. The molecule has 23 heavy (non-hydrogen) atoms. The fourth-order valence-electron chi connectivity index (χ4n) is 2.16. The van der Waals surface area contributed by atoms with Gasteiger partial charge in [0.1, 0.15) is 11.5 Å². The second kappa shape index (κ2) is 6.78. The molecule has 6 nitrogen and oxygen atoms in total. The number of nitrogens with one attached hydrogen (secondary N) is 1. The van der Waals surface area contributed by atoms with Crippen molar-refractivity contribution in [2.75, 3.05) is 0 Å². The largest absolute Gasteiger partial charge is 0.464 e. The van der Waals surface area contributed by atoms with Crippen molar-refractivity contribution in [2.45, 2.75) is 32.7 Å². The van der Waals surface area contributed by atoms with E-state index in [-0.39, 0.29) is 18.4 Å².